The average Bonchev–Trinajstić information content (AvgIpc) is 3.08. The van der Waals surface area contributed by atoms with Crippen molar-refractivity contribution >= 4 is 39.1 Å². The van der Waals surface area contributed by atoms with Crippen LogP contribution in [0.3, 0.4) is 0 Å². The molecule has 164 valence electrons. The summed E-state index contributed by atoms with van der Waals surface area (Å²) >= 11 is 1.32. The lowest BCUT2D eigenvalue weighted by molar-refractivity contribution is -0.113. The van der Waals surface area contributed by atoms with Crippen LogP contribution in [0.5, 0.6) is 0 Å². The summed E-state index contributed by atoms with van der Waals surface area (Å²) in [6, 6.07) is 16.6. The maximum atomic E-state index is 12.4. The first kappa shape index (κ1) is 22.8. The second kappa shape index (κ2) is 10.5. The smallest absolute Gasteiger partial charge is 0.234 e. The molecular formula is C21H25N5O3S2. The van der Waals surface area contributed by atoms with Crippen molar-refractivity contribution in [2.24, 2.45) is 0 Å². The van der Waals surface area contributed by atoms with Gasteiger partial charge in [0.05, 0.1) is 18.1 Å². The standard InChI is InChI=1S/C21H25N5O3S2/c1-3-13-31(28,29)25-19-11-9-18(10-12-19)22-20(27)15-30-21-24-23-16(2)26(21)14-17-7-5-4-6-8-17/h4-12,25H,3,13-15H2,1-2H3,(H,22,27). The summed E-state index contributed by atoms with van der Waals surface area (Å²) in [6.45, 7) is 4.33. The molecule has 1 aromatic heterocycles. The van der Waals surface area contributed by atoms with Crippen molar-refractivity contribution in [1.82, 2.24) is 14.8 Å². The van der Waals surface area contributed by atoms with E-state index < -0.39 is 10.0 Å². The second-order valence-electron chi connectivity index (χ2n) is 6.94. The molecule has 0 aliphatic rings. The van der Waals surface area contributed by atoms with Crippen molar-refractivity contribution in [2.75, 3.05) is 21.5 Å². The van der Waals surface area contributed by atoms with Gasteiger partial charge in [-0.05, 0) is 43.2 Å². The second-order valence-corrected chi connectivity index (χ2v) is 9.72. The van der Waals surface area contributed by atoms with E-state index in [1.54, 1.807) is 31.2 Å². The quantitative estimate of drug-likeness (QED) is 0.450. The highest BCUT2D eigenvalue weighted by Crippen LogP contribution is 2.20. The molecule has 8 nitrogen and oxygen atoms in total. The molecule has 1 heterocycles. The number of thioether (sulfide) groups is 1. The van der Waals surface area contributed by atoms with Crippen LogP contribution in [0.2, 0.25) is 0 Å². The maximum absolute atomic E-state index is 12.4. The van der Waals surface area contributed by atoms with Crippen LogP contribution in [-0.4, -0.2) is 40.6 Å². The van der Waals surface area contributed by atoms with E-state index in [-0.39, 0.29) is 17.4 Å². The Hall–Kier alpha value is -2.85. The predicted octanol–water partition coefficient (Wildman–Crippen LogP) is 3.52. The van der Waals surface area contributed by atoms with E-state index in [1.165, 1.54) is 11.8 Å². The molecule has 3 rings (SSSR count). The summed E-state index contributed by atoms with van der Waals surface area (Å²) in [5.74, 6) is 0.846. The van der Waals surface area contributed by atoms with Crippen LogP contribution in [0.15, 0.2) is 59.8 Å². The Balaban J connectivity index is 1.55. The number of aromatic nitrogens is 3. The number of carbonyl (C=O) groups is 1. The van der Waals surface area contributed by atoms with Gasteiger partial charge < -0.3 is 9.88 Å². The molecule has 0 aliphatic heterocycles. The Morgan fingerprint density at radius 1 is 1.03 bits per heavy atom. The van der Waals surface area contributed by atoms with Gasteiger partial charge in [-0.3, -0.25) is 9.52 Å². The molecule has 31 heavy (non-hydrogen) atoms. The zero-order chi connectivity index (χ0) is 22.3. The highest BCUT2D eigenvalue weighted by molar-refractivity contribution is 7.99. The molecule has 2 aromatic carbocycles. The van der Waals surface area contributed by atoms with Gasteiger partial charge in [-0.1, -0.05) is 49.0 Å². The third-order valence-corrected chi connectivity index (χ3v) is 6.79. The van der Waals surface area contributed by atoms with Crippen molar-refractivity contribution < 1.29 is 13.2 Å². The number of sulfonamides is 1. The first-order chi connectivity index (χ1) is 14.9. The number of carbonyl (C=O) groups excluding carboxylic acids is 1. The summed E-state index contributed by atoms with van der Waals surface area (Å²) in [5.41, 5.74) is 2.18. The lowest BCUT2D eigenvalue weighted by Crippen LogP contribution is -2.16. The van der Waals surface area contributed by atoms with Gasteiger partial charge in [0.2, 0.25) is 15.9 Å². The Morgan fingerprint density at radius 3 is 2.39 bits per heavy atom. The first-order valence-electron chi connectivity index (χ1n) is 9.83. The molecule has 0 radical (unpaired) electrons. The fraction of sp³-hybridized carbons (Fsp3) is 0.286. The van der Waals surface area contributed by atoms with Crippen LogP contribution >= 0.6 is 11.8 Å². The molecule has 0 atom stereocenters. The number of rotatable bonds is 10. The lowest BCUT2D eigenvalue weighted by Gasteiger charge is -2.10. The number of amides is 1. The Bertz CT molecular complexity index is 1110. The molecular weight excluding hydrogens is 434 g/mol. The zero-order valence-corrected chi connectivity index (χ0v) is 19.0. The number of anilines is 2. The molecule has 1 amide bonds. The van der Waals surface area contributed by atoms with E-state index in [2.05, 4.69) is 20.2 Å². The zero-order valence-electron chi connectivity index (χ0n) is 17.4. The summed E-state index contributed by atoms with van der Waals surface area (Å²) < 4.78 is 28.1. The molecule has 0 unspecified atom stereocenters. The summed E-state index contributed by atoms with van der Waals surface area (Å²) in [6.07, 6.45) is 0.541. The van der Waals surface area contributed by atoms with Crippen molar-refractivity contribution in [3.05, 3.63) is 66.0 Å². The van der Waals surface area contributed by atoms with E-state index in [1.807, 2.05) is 41.8 Å². The SMILES string of the molecule is CCCS(=O)(=O)Nc1ccc(NC(=O)CSc2nnc(C)n2Cc2ccccc2)cc1. The predicted molar refractivity (Wildman–Crippen MR) is 124 cm³/mol. The van der Waals surface area contributed by atoms with Gasteiger partial charge in [0, 0.05) is 11.4 Å². The van der Waals surface area contributed by atoms with Crippen LogP contribution in [0, 0.1) is 6.92 Å². The number of benzene rings is 2. The first-order valence-corrected chi connectivity index (χ1v) is 12.5. The normalized spacial score (nSPS) is 11.3. The van der Waals surface area contributed by atoms with Gasteiger partial charge in [0.25, 0.3) is 0 Å². The third-order valence-electron chi connectivity index (χ3n) is 4.33. The number of nitrogens with one attached hydrogen (secondary N) is 2. The summed E-state index contributed by atoms with van der Waals surface area (Å²) in [4.78, 5) is 12.4. The van der Waals surface area contributed by atoms with E-state index in [0.29, 0.717) is 29.5 Å². The van der Waals surface area contributed by atoms with Crippen molar-refractivity contribution in [1.29, 1.82) is 0 Å². The molecule has 3 aromatic rings. The number of hydrogen-bond donors (Lipinski definition) is 2. The van der Waals surface area contributed by atoms with Gasteiger partial charge >= 0.3 is 0 Å². The minimum absolute atomic E-state index is 0.0665. The van der Waals surface area contributed by atoms with Crippen LogP contribution in [-0.2, 0) is 21.4 Å². The number of hydrogen-bond acceptors (Lipinski definition) is 6. The van der Waals surface area contributed by atoms with Crippen LogP contribution in [0.4, 0.5) is 11.4 Å². The monoisotopic (exact) mass is 459 g/mol. The highest BCUT2D eigenvalue weighted by atomic mass is 32.2. The van der Waals surface area contributed by atoms with E-state index in [4.69, 9.17) is 0 Å². The number of nitrogens with zero attached hydrogens (tertiary/aromatic N) is 3. The minimum atomic E-state index is -3.34. The van der Waals surface area contributed by atoms with Gasteiger partial charge in [0.1, 0.15) is 5.82 Å². The topological polar surface area (TPSA) is 106 Å². The van der Waals surface area contributed by atoms with Crippen LogP contribution < -0.4 is 10.0 Å². The lowest BCUT2D eigenvalue weighted by atomic mass is 10.2. The van der Waals surface area contributed by atoms with Crippen molar-refractivity contribution in [3.8, 4) is 0 Å². The number of aryl methyl sites for hydroxylation is 1. The Morgan fingerprint density at radius 2 is 1.71 bits per heavy atom. The van der Waals surface area contributed by atoms with E-state index in [0.717, 1.165) is 11.4 Å². The molecule has 0 fully saturated rings. The molecule has 0 spiro atoms. The van der Waals surface area contributed by atoms with Gasteiger partial charge in [0.15, 0.2) is 5.16 Å². The molecule has 10 heteroatoms. The van der Waals surface area contributed by atoms with Gasteiger partial charge in [-0.25, -0.2) is 8.42 Å². The van der Waals surface area contributed by atoms with Crippen LogP contribution in [0.1, 0.15) is 24.7 Å². The molecule has 0 bridgehead atoms. The summed E-state index contributed by atoms with van der Waals surface area (Å²) in [5, 5.41) is 11.8. The fourth-order valence-electron chi connectivity index (χ4n) is 2.86. The Labute approximate surface area is 186 Å². The van der Waals surface area contributed by atoms with Crippen molar-refractivity contribution in [2.45, 2.75) is 32.0 Å². The average molecular weight is 460 g/mol. The molecule has 0 saturated heterocycles. The third kappa shape index (κ3) is 6.83. The molecule has 0 saturated carbocycles. The fourth-order valence-corrected chi connectivity index (χ4v) is 4.78. The Kier molecular flexibility index (Phi) is 7.69. The van der Waals surface area contributed by atoms with E-state index in [9.17, 15) is 13.2 Å². The molecule has 2 N–H and O–H groups in total. The minimum Gasteiger partial charge on any atom is -0.325 e. The largest absolute Gasteiger partial charge is 0.325 e. The van der Waals surface area contributed by atoms with Crippen molar-refractivity contribution in [3.63, 3.8) is 0 Å². The molecule has 0 aliphatic carbocycles. The summed E-state index contributed by atoms with van der Waals surface area (Å²) in [7, 11) is -3.34. The maximum Gasteiger partial charge on any atom is 0.234 e. The van der Waals surface area contributed by atoms with Gasteiger partial charge in [-0.15, -0.1) is 10.2 Å². The van der Waals surface area contributed by atoms with Crippen LogP contribution in [0.25, 0.3) is 0 Å². The van der Waals surface area contributed by atoms with E-state index >= 15 is 0 Å². The highest BCUT2D eigenvalue weighted by Gasteiger charge is 2.13. The van der Waals surface area contributed by atoms with Gasteiger partial charge in [-0.2, -0.15) is 0 Å².